The summed E-state index contributed by atoms with van der Waals surface area (Å²) in [5.41, 5.74) is 0. The van der Waals surface area contributed by atoms with Crippen molar-refractivity contribution in [3.63, 3.8) is 0 Å². The van der Waals surface area contributed by atoms with Crippen LogP contribution in [0.2, 0.25) is 0 Å². The van der Waals surface area contributed by atoms with Gasteiger partial charge in [-0.3, -0.25) is 0 Å². The largest absolute Gasteiger partial charge is 0.227 e. The average molecular weight is 371 g/mol. The molecule has 0 bridgehead atoms. The van der Waals surface area contributed by atoms with Gasteiger partial charge in [-0.1, -0.05) is 65.2 Å². The molecule has 0 heterocycles. The first-order valence-electron chi connectivity index (χ1n) is 8.77. The van der Waals surface area contributed by atoms with Crippen LogP contribution in [0, 0.1) is 0 Å². The summed E-state index contributed by atoms with van der Waals surface area (Å²) in [5.74, 6) is 0. The van der Waals surface area contributed by atoms with Crippen molar-refractivity contribution in [2.24, 2.45) is 0 Å². The van der Waals surface area contributed by atoms with Gasteiger partial charge in [-0.25, -0.2) is 26.3 Å². The Morgan fingerprint density at radius 3 is 1.26 bits per heavy atom. The molecule has 8 heteroatoms. The molecule has 0 amide bonds. The van der Waals surface area contributed by atoms with Crippen molar-refractivity contribution in [3.8, 4) is 0 Å². The zero-order valence-electron chi connectivity index (χ0n) is 14.6. The first-order chi connectivity index (χ1) is 10.8. The standard InChI is InChI=1S/C15H34N2O4S2/c1-3-5-7-9-11-13-16-22(18,19)15-23(20,21)17-14-12-10-8-6-4-2/h16-17H,3-15H2,1-2H3. The van der Waals surface area contributed by atoms with Crippen LogP contribution in [-0.2, 0) is 20.0 Å². The van der Waals surface area contributed by atoms with Gasteiger partial charge in [0.15, 0.2) is 5.08 Å². The molecule has 0 aliphatic heterocycles. The second-order valence-electron chi connectivity index (χ2n) is 5.96. The molecule has 2 N–H and O–H groups in total. The molecule has 0 atom stereocenters. The third-order valence-electron chi connectivity index (χ3n) is 3.51. The molecule has 0 aliphatic rings. The maximum absolute atomic E-state index is 11.8. The van der Waals surface area contributed by atoms with Crippen molar-refractivity contribution in [3.05, 3.63) is 0 Å². The average Bonchev–Trinajstić information content (AvgIpc) is 2.45. The van der Waals surface area contributed by atoms with Gasteiger partial charge in [-0.15, -0.1) is 0 Å². The number of sulfonamides is 2. The van der Waals surface area contributed by atoms with Gasteiger partial charge in [0.05, 0.1) is 0 Å². The number of nitrogens with one attached hydrogen (secondary N) is 2. The SMILES string of the molecule is CCCCCCCNS(=O)(=O)CS(=O)(=O)NCCCCCCC. The summed E-state index contributed by atoms with van der Waals surface area (Å²) in [6.07, 6.45) is 10.1. The van der Waals surface area contributed by atoms with Crippen LogP contribution in [0.1, 0.15) is 78.1 Å². The molecule has 0 spiro atoms. The molecule has 0 saturated heterocycles. The fourth-order valence-electron chi connectivity index (χ4n) is 2.20. The van der Waals surface area contributed by atoms with Gasteiger partial charge in [0.25, 0.3) is 0 Å². The lowest BCUT2D eigenvalue weighted by atomic mass is 10.2. The lowest BCUT2D eigenvalue weighted by Gasteiger charge is -2.09. The fraction of sp³-hybridized carbons (Fsp3) is 1.00. The van der Waals surface area contributed by atoms with E-state index in [9.17, 15) is 16.8 Å². The lowest BCUT2D eigenvalue weighted by molar-refractivity contribution is 0.563. The Kier molecular flexibility index (Phi) is 13.0. The first kappa shape index (κ1) is 22.8. The zero-order valence-corrected chi connectivity index (χ0v) is 16.3. The van der Waals surface area contributed by atoms with Gasteiger partial charge < -0.3 is 0 Å². The molecule has 0 aromatic rings. The molecule has 0 aromatic carbocycles. The van der Waals surface area contributed by atoms with Gasteiger partial charge in [0.2, 0.25) is 20.0 Å². The van der Waals surface area contributed by atoms with E-state index < -0.39 is 25.1 Å². The van der Waals surface area contributed by atoms with Crippen LogP contribution >= 0.6 is 0 Å². The van der Waals surface area contributed by atoms with Crippen molar-refractivity contribution in [2.75, 3.05) is 18.2 Å². The van der Waals surface area contributed by atoms with Gasteiger partial charge in [0, 0.05) is 13.1 Å². The Labute approximate surface area is 142 Å². The smallest absolute Gasteiger partial charge is 0.214 e. The van der Waals surface area contributed by atoms with Gasteiger partial charge in [0.1, 0.15) is 0 Å². The second kappa shape index (κ2) is 13.1. The van der Waals surface area contributed by atoms with Gasteiger partial charge >= 0.3 is 0 Å². The predicted molar refractivity (Wildman–Crippen MR) is 96.2 cm³/mol. The molecule has 0 unspecified atom stereocenters. The van der Waals surface area contributed by atoms with E-state index in [1.54, 1.807) is 0 Å². The van der Waals surface area contributed by atoms with Crippen LogP contribution in [0.4, 0.5) is 0 Å². The van der Waals surface area contributed by atoms with E-state index in [0.717, 1.165) is 64.2 Å². The van der Waals surface area contributed by atoms with Crippen LogP contribution in [-0.4, -0.2) is 35.0 Å². The van der Waals surface area contributed by atoms with E-state index in [0.29, 0.717) is 13.1 Å². The minimum Gasteiger partial charge on any atom is -0.214 e. The Morgan fingerprint density at radius 1 is 0.565 bits per heavy atom. The summed E-state index contributed by atoms with van der Waals surface area (Å²) in [4.78, 5) is 0. The molecule has 0 radical (unpaired) electrons. The first-order valence-corrected chi connectivity index (χ1v) is 12.1. The quantitative estimate of drug-likeness (QED) is 0.409. The number of hydrogen-bond donors (Lipinski definition) is 2. The van der Waals surface area contributed by atoms with Crippen LogP contribution in [0.25, 0.3) is 0 Å². The highest BCUT2D eigenvalue weighted by Gasteiger charge is 2.21. The van der Waals surface area contributed by atoms with E-state index in [-0.39, 0.29) is 0 Å². The van der Waals surface area contributed by atoms with Crippen LogP contribution in [0.3, 0.4) is 0 Å². The highest BCUT2D eigenvalue weighted by molar-refractivity contribution is 8.06. The molecule has 0 saturated carbocycles. The predicted octanol–water partition coefficient (Wildman–Crippen LogP) is 2.72. The van der Waals surface area contributed by atoms with Crippen molar-refractivity contribution in [1.29, 1.82) is 0 Å². The Bertz CT molecular complexity index is 432. The lowest BCUT2D eigenvalue weighted by Crippen LogP contribution is -2.36. The van der Waals surface area contributed by atoms with E-state index in [1.807, 2.05) is 0 Å². The second-order valence-corrected chi connectivity index (χ2v) is 9.94. The summed E-state index contributed by atoms with van der Waals surface area (Å²) >= 11 is 0. The van der Waals surface area contributed by atoms with Crippen molar-refractivity contribution < 1.29 is 16.8 Å². The molecule has 23 heavy (non-hydrogen) atoms. The summed E-state index contributed by atoms with van der Waals surface area (Å²) in [7, 11) is -7.57. The Morgan fingerprint density at radius 2 is 0.913 bits per heavy atom. The molecule has 0 fully saturated rings. The van der Waals surface area contributed by atoms with Crippen molar-refractivity contribution in [1.82, 2.24) is 9.44 Å². The molecular formula is C15H34N2O4S2. The number of unbranched alkanes of at least 4 members (excludes halogenated alkanes) is 8. The van der Waals surface area contributed by atoms with E-state index in [4.69, 9.17) is 0 Å². The minimum atomic E-state index is -3.78. The third kappa shape index (κ3) is 15.1. The molecule has 140 valence electrons. The summed E-state index contributed by atoms with van der Waals surface area (Å²) < 4.78 is 51.8. The molecule has 6 nitrogen and oxygen atoms in total. The number of hydrogen-bond acceptors (Lipinski definition) is 4. The summed E-state index contributed by atoms with van der Waals surface area (Å²) in [6.45, 7) is 4.84. The van der Waals surface area contributed by atoms with Gasteiger partial charge in [-0.05, 0) is 12.8 Å². The maximum atomic E-state index is 11.8. The molecule has 0 aromatic heterocycles. The molecule has 0 rings (SSSR count). The van der Waals surface area contributed by atoms with E-state index >= 15 is 0 Å². The maximum Gasteiger partial charge on any atom is 0.227 e. The Hall–Kier alpha value is -0.180. The Balaban J connectivity index is 3.92. The third-order valence-corrected chi connectivity index (χ3v) is 7.29. The fourth-order valence-corrected chi connectivity index (χ4v) is 5.41. The van der Waals surface area contributed by atoms with Gasteiger partial charge in [-0.2, -0.15) is 0 Å². The molecule has 0 aliphatic carbocycles. The van der Waals surface area contributed by atoms with Crippen LogP contribution in [0.15, 0.2) is 0 Å². The van der Waals surface area contributed by atoms with E-state index in [2.05, 4.69) is 23.3 Å². The molecular weight excluding hydrogens is 336 g/mol. The highest BCUT2D eigenvalue weighted by atomic mass is 32.3. The monoisotopic (exact) mass is 370 g/mol. The van der Waals surface area contributed by atoms with Crippen LogP contribution < -0.4 is 9.44 Å². The summed E-state index contributed by atoms with van der Waals surface area (Å²) in [5, 5.41) is -0.885. The van der Waals surface area contributed by atoms with Crippen LogP contribution in [0.5, 0.6) is 0 Å². The zero-order chi connectivity index (χ0) is 17.6. The van der Waals surface area contributed by atoms with E-state index in [1.165, 1.54) is 0 Å². The number of rotatable bonds is 16. The topological polar surface area (TPSA) is 92.3 Å². The van der Waals surface area contributed by atoms with Crippen molar-refractivity contribution >= 4 is 20.0 Å². The van der Waals surface area contributed by atoms with Crippen molar-refractivity contribution in [2.45, 2.75) is 78.1 Å². The highest BCUT2D eigenvalue weighted by Crippen LogP contribution is 2.03. The normalized spacial score (nSPS) is 12.6. The summed E-state index contributed by atoms with van der Waals surface area (Å²) in [6, 6.07) is 0. The minimum absolute atomic E-state index is 0.304.